The molecule has 2 amide bonds. The monoisotopic (exact) mass is 615 g/mol. The lowest BCUT2D eigenvalue weighted by atomic mass is 10.0. The highest BCUT2D eigenvalue weighted by Crippen LogP contribution is 2.31. The molecule has 0 unspecified atom stereocenters. The topological polar surface area (TPSA) is 86.8 Å². The van der Waals surface area contributed by atoms with Crippen molar-refractivity contribution in [2.24, 2.45) is 0 Å². The third kappa shape index (κ3) is 8.47. The lowest BCUT2D eigenvalue weighted by molar-refractivity contribution is -0.140. The van der Waals surface area contributed by atoms with E-state index >= 15 is 0 Å². The van der Waals surface area contributed by atoms with E-state index in [1.54, 1.807) is 0 Å². The fourth-order valence-corrected chi connectivity index (χ4v) is 6.63. The molecule has 1 aliphatic carbocycles. The van der Waals surface area contributed by atoms with Gasteiger partial charge in [0.2, 0.25) is 21.8 Å². The highest BCUT2D eigenvalue weighted by molar-refractivity contribution is 7.92. The van der Waals surface area contributed by atoms with Gasteiger partial charge in [-0.2, -0.15) is 0 Å². The molecule has 0 aliphatic heterocycles. The van der Waals surface area contributed by atoms with E-state index in [9.17, 15) is 18.0 Å². The van der Waals surface area contributed by atoms with Crippen LogP contribution in [0.4, 0.5) is 5.69 Å². The second-order valence-electron chi connectivity index (χ2n) is 10.6. The van der Waals surface area contributed by atoms with Crippen molar-refractivity contribution in [1.82, 2.24) is 10.2 Å². The summed E-state index contributed by atoms with van der Waals surface area (Å²) in [5.74, 6) is -0.775. The Balaban J connectivity index is 1.74. The fraction of sp³-hybridized carbons (Fsp3) is 0.355. The third-order valence-electron chi connectivity index (χ3n) is 7.27. The zero-order valence-corrected chi connectivity index (χ0v) is 25.6. The molecule has 3 aromatic rings. The molecular formula is C31H35Cl2N3O4S. The second kappa shape index (κ2) is 13.7. The number of hydrogen-bond acceptors (Lipinski definition) is 4. The van der Waals surface area contributed by atoms with Crippen molar-refractivity contribution >= 4 is 50.7 Å². The summed E-state index contributed by atoms with van der Waals surface area (Å²) in [6, 6.07) is 20.8. The Morgan fingerprint density at radius 1 is 0.951 bits per heavy atom. The number of aryl methyl sites for hydroxylation is 1. The van der Waals surface area contributed by atoms with Gasteiger partial charge < -0.3 is 10.2 Å². The summed E-state index contributed by atoms with van der Waals surface area (Å²) in [6.45, 7) is 1.55. The largest absolute Gasteiger partial charge is 0.352 e. The van der Waals surface area contributed by atoms with Crippen molar-refractivity contribution in [1.29, 1.82) is 0 Å². The van der Waals surface area contributed by atoms with Gasteiger partial charge in [-0.05, 0) is 49.1 Å². The quantitative estimate of drug-likeness (QED) is 0.297. The van der Waals surface area contributed by atoms with Crippen LogP contribution in [0.5, 0.6) is 0 Å². The molecule has 4 rings (SSSR count). The first-order valence-electron chi connectivity index (χ1n) is 13.6. The van der Waals surface area contributed by atoms with Crippen LogP contribution in [0.25, 0.3) is 0 Å². The van der Waals surface area contributed by atoms with E-state index in [1.807, 2.05) is 61.5 Å². The number of hydrogen-bond donors (Lipinski definition) is 1. The number of amides is 2. The summed E-state index contributed by atoms with van der Waals surface area (Å²) in [7, 11) is -3.93. The minimum Gasteiger partial charge on any atom is -0.352 e. The first-order chi connectivity index (χ1) is 19.5. The Labute approximate surface area is 252 Å². The van der Waals surface area contributed by atoms with E-state index in [2.05, 4.69) is 5.32 Å². The molecule has 1 aliphatic rings. The zero-order chi connectivity index (χ0) is 29.6. The smallest absolute Gasteiger partial charge is 0.244 e. The molecule has 218 valence electrons. The van der Waals surface area contributed by atoms with Crippen LogP contribution in [-0.4, -0.2) is 50.0 Å². The highest BCUT2D eigenvalue weighted by atomic mass is 35.5. The third-order valence-corrected chi connectivity index (χ3v) is 8.93. The predicted molar refractivity (Wildman–Crippen MR) is 165 cm³/mol. The minimum atomic E-state index is -3.93. The van der Waals surface area contributed by atoms with E-state index in [4.69, 9.17) is 23.2 Å². The Bertz CT molecular complexity index is 1480. The molecule has 1 N–H and O–H groups in total. The van der Waals surface area contributed by atoms with Crippen molar-refractivity contribution in [2.45, 2.75) is 57.7 Å². The van der Waals surface area contributed by atoms with E-state index in [-0.39, 0.29) is 35.6 Å². The average molecular weight is 617 g/mol. The van der Waals surface area contributed by atoms with Crippen LogP contribution in [0.1, 0.15) is 42.4 Å². The number of benzene rings is 3. The van der Waals surface area contributed by atoms with Crippen LogP contribution in [0.2, 0.25) is 10.0 Å². The van der Waals surface area contributed by atoms with Gasteiger partial charge in [-0.15, -0.1) is 0 Å². The van der Waals surface area contributed by atoms with Gasteiger partial charge in [0.15, 0.2) is 0 Å². The van der Waals surface area contributed by atoms with E-state index in [0.717, 1.165) is 52.9 Å². The lowest BCUT2D eigenvalue weighted by Gasteiger charge is -2.34. The number of rotatable bonds is 11. The summed E-state index contributed by atoms with van der Waals surface area (Å²) in [5, 5.41) is 3.60. The van der Waals surface area contributed by atoms with Crippen molar-refractivity contribution in [3.8, 4) is 0 Å². The van der Waals surface area contributed by atoms with Crippen LogP contribution < -0.4 is 9.62 Å². The van der Waals surface area contributed by atoms with Crippen molar-refractivity contribution < 1.29 is 18.0 Å². The Kier molecular flexibility index (Phi) is 10.3. The Morgan fingerprint density at radius 3 is 2.27 bits per heavy atom. The average Bonchev–Trinajstić information content (AvgIpc) is 3.42. The summed E-state index contributed by atoms with van der Waals surface area (Å²) < 4.78 is 26.8. The summed E-state index contributed by atoms with van der Waals surface area (Å²) >= 11 is 12.4. The second-order valence-corrected chi connectivity index (χ2v) is 13.3. The highest BCUT2D eigenvalue weighted by Gasteiger charge is 2.34. The van der Waals surface area contributed by atoms with Crippen LogP contribution >= 0.6 is 23.2 Å². The van der Waals surface area contributed by atoms with Gasteiger partial charge in [-0.1, -0.05) is 96.2 Å². The molecule has 1 saturated carbocycles. The van der Waals surface area contributed by atoms with Crippen molar-refractivity contribution in [3.63, 3.8) is 0 Å². The minimum absolute atomic E-state index is 0.0529. The number of anilines is 1. The first kappa shape index (κ1) is 30.9. The molecule has 3 aromatic carbocycles. The maximum atomic E-state index is 14.2. The molecular weight excluding hydrogens is 581 g/mol. The van der Waals surface area contributed by atoms with Gasteiger partial charge in [0.05, 0.1) is 17.0 Å². The lowest BCUT2D eigenvalue weighted by Crippen LogP contribution is -2.54. The molecule has 10 heteroatoms. The normalized spacial score (nSPS) is 14.4. The standard InChI is InChI=1S/C31H35Cl2N3O4S/c1-22-9-8-12-24(17-22)20-35(30(37)21-36(41(2,39)40)28-16-15-25(32)19-27(28)33)29(18-23-10-4-3-5-11-23)31(38)34-26-13-6-7-14-26/h3-5,8-12,15-17,19,26,29H,6-7,13-14,18,20-21H2,1-2H3,(H,34,38)/t29-/m0/s1. The maximum absolute atomic E-state index is 14.2. The molecule has 0 heterocycles. The number of nitrogens with zero attached hydrogens (tertiary/aromatic N) is 2. The molecule has 1 fully saturated rings. The number of carbonyl (C=O) groups excluding carboxylic acids is 2. The molecule has 0 spiro atoms. The number of halogens is 2. The zero-order valence-electron chi connectivity index (χ0n) is 23.2. The van der Waals surface area contributed by atoms with Crippen LogP contribution in [0, 0.1) is 6.92 Å². The van der Waals surface area contributed by atoms with Crippen LogP contribution in [0.3, 0.4) is 0 Å². The van der Waals surface area contributed by atoms with E-state index in [0.29, 0.717) is 5.02 Å². The van der Waals surface area contributed by atoms with Crippen molar-refractivity contribution in [3.05, 3.63) is 99.5 Å². The van der Waals surface area contributed by atoms with Gasteiger partial charge in [0, 0.05) is 24.0 Å². The summed E-state index contributed by atoms with van der Waals surface area (Å²) in [4.78, 5) is 29.6. The maximum Gasteiger partial charge on any atom is 0.244 e. The first-order valence-corrected chi connectivity index (χ1v) is 16.2. The number of nitrogens with one attached hydrogen (secondary N) is 1. The number of sulfonamides is 1. The van der Waals surface area contributed by atoms with Gasteiger partial charge >= 0.3 is 0 Å². The van der Waals surface area contributed by atoms with E-state index < -0.39 is 28.5 Å². The van der Waals surface area contributed by atoms with Gasteiger partial charge in [-0.3, -0.25) is 13.9 Å². The molecule has 7 nitrogen and oxygen atoms in total. The summed E-state index contributed by atoms with van der Waals surface area (Å²) in [5.41, 5.74) is 2.87. The molecule has 1 atom stereocenters. The van der Waals surface area contributed by atoms with Crippen LogP contribution in [0.15, 0.2) is 72.8 Å². The number of carbonyl (C=O) groups is 2. The molecule has 41 heavy (non-hydrogen) atoms. The van der Waals surface area contributed by atoms with E-state index in [1.165, 1.54) is 23.1 Å². The predicted octanol–water partition coefficient (Wildman–Crippen LogP) is 5.77. The fourth-order valence-electron chi connectivity index (χ4n) is 5.21. The molecule has 0 bridgehead atoms. The van der Waals surface area contributed by atoms with Crippen molar-refractivity contribution in [2.75, 3.05) is 17.1 Å². The van der Waals surface area contributed by atoms with Gasteiger partial charge in [-0.25, -0.2) is 8.42 Å². The van der Waals surface area contributed by atoms with Crippen LogP contribution in [-0.2, 0) is 32.6 Å². The Hall–Kier alpha value is -3.07. The molecule has 0 aromatic heterocycles. The Morgan fingerprint density at radius 2 is 1.63 bits per heavy atom. The van der Waals surface area contributed by atoms with Gasteiger partial charge in [0.25, 0.3) is 0 Å². The molecule has 0 radical (unpaired) electrons. The SMILES string of the molecule is Cc1cccc(CN(C(=O)CN(c2ccc(Cl)cc2Cl)S(C)(=O)=O)[C@@H](Cc2ccccc2)C(=O)NC2CCCC2)c1. The molecule has 0 saturated heterocycles. The van der Waals surface area contributed by atoms with Gasteiger partial charge in [0.1, 0.15) is 12.6 Å². The summed E-state index contributed by atoms with van der Waals surface area (Å²) in [6.07, 6.45) is 5.18.